The third-order valence-corrected chi connectivity index (χ3v) is 24.3. The summed E-state index contributed by atoms with van der Waals surface area (Å²) in [5.74, 6) is 5.20. The van der Waals surface area contributed by atoms with Gasteiger partial charge in [0.25, 0.3) is 0 Å². The van der Waals surface area contributed by atoms with E-state index in [0.717, 1.165) is 54.9 Å². The highest BCUT2D eigenvalue weighted by Gasteiger charge is 2.59. The Morgan fingerprint density at radius 2 is 1.31 bits per heavy atom. The maximum Gasteiger partial charge on any atom is 0.0749 e. The molecule has 0 amide bonds. The Morgan fingerprint density at radius 1 is 0.724 bits per heavy atom. The fourth-order valence-electron chi connectivity index (χ4n) is 12.7. The minimum absolute atomic E-state index is 0.264. The molecule has 0 bridgehead atoms. The van der Waals surface area contributed by atoms with Gasteiger partial charge in [-0.3, -0.25) is 0 Å². The van der Waals surface area contributed by atoms with E-state index in [1.165, 1.54) is 79.0 Å². The van der Waals surface area contributed by atoms with Gasteiger partial charge in [0, 0.05) is 25.2 Å². The molecule has 8 atom stereocenters. The highest BCUT2D eigenvalue weighted by Crippen LogP contribution is 2.67. The van der Waals surface area contributed by atoms with Gasteiger partial charge >= 0.3 is 0 Å². The quantitative estimate of drug-likeness (QED) is 0.0875. The van der Waals surface area contributed by atoms with Crippen molar-refractivity contribution in [3.05, 3.63) is 133 Å². The van der Waals surface area contributed by atoms with Gasteiger partial charge in [-0.05, 0) is 108 Å². The van der Waals surface area contributed by atoms with E-state index in [-0.39, 0.29) is 6.10 Å². The maximum absolute atomic E-state index is 7.13. The van der Waals surface area contributed by atoms with E-state index in [1.807, 2.05) is 0 Å². The van der Waals surface area contributed by atoms with Gasteiger partial charge in [0.2, 0.25) is 0 Å². The van der Waals surface area contributed by atoms with Crippen molar-refractivity contribution in [1.29, 1.82) is 0 Å². The van der Waals surface area contributed by atoms with Crippen molar-refractivity contribution in [2.24, 2.45) is 46.3 Å². The van der Waals surface area contributed by atoms with Gasteiger partial charge in [-0.1, -0.05) is 199 Å². The molecule has 4 aliphatic carbocycles. The Morgan fingerprint density at radius 3 is 1.90 bits per heavy atom. The normalized spacial score (nSPS) is 28.8. The summed E-state index contributed by atoms with van der Waals surface area (Å²) in [6.07, 6.45) is 15.3. The largest absolute Gasteiger partial charge is 0.377 e. The van der Waals surface area contributed by atoms with Crippen molar-refractivity contribution in [3.8, 4) is 0 Å². The zero-order valence-corrected chi connectivity index (χ0v) is 38.6. The minimum Gasteiger partial charge on any atom is -0.377 e. The molecule has 58 heavy (non-hydrogen) atoms. The van der Waals surface area contributed by atoms with Crippen LogP contribution in [0.15, 0.2) is 133 Å². The van der Waals surface area contributed by atoms with E-state index in [0.29, 0.717) is 17.4 Å². The molecular formula is C53H69NOP2S. The van der Waals surface area contributed by atoms with Gasteiger partial charge in [0.15, 0.2) is 0 Å². The Kier molecular flexibility index (Phi) is 13.4. The van der Waals surface area contributed by atoms with Crippen molar-refractivity contribution in [3.63, 3.8) is 0 Å². The van der Waals surface area contributed by atoms with E-state index < -0.39 is 14.3 Å². The highest BCUT2D eigenvalue weighted by atomic mass is 32.4. The van der Waals surface area contributed by atoms with Crippen molar-refractivity contribution < 1.29 is 4.74 Å². The predicted octanol–water partition coefficient (Wildman–Crippen LogP) is 12.8. The van der Waals surface area contributed by atoms with Crippen LogP contribution in [-0.2, 0) is 16.5 Å². The molecule has 308 valence electrons. The van der Waals surface area contributed by atoms with Crippen LogP contribution in [0.4, 0.5) is 0 Å². The third-order valence-electron chi connectivity index (χ3n) is 15.7. The first-order chi connectivity index (χ1) is 28.1. The summed E-state index contributed by atoms with van der Waals surface area (Å²) in [6.45, 7) is 14.2. The molecule has 0 aliphatic heterocycles. The monoisotopic (exact) mass is 829 g/mol. The molecule has 0 saturated heterocycles. The lowest BCUT2D eigenvalue weighted by Gasteiger charge is -2.58. The molecule has 2 nitrogen and oxygen atoms in total. The molecule has 0 N–H and O–H groups in total. The Bertz CT molecular complexity index is 1920. The summed E-state index contributed by atoms with van der Waals surface area (Å²) < 4.78 is 9.83. The lowest BCUT2D eigenvalue weighted by atomic mass is 9.47. The topological polar surface area (TPSA) is 12.5 Å². The van der Waals surface area contributed by atoms with Crippen LogP contribution in [-0.4, -0.2) is 23.7 Å². The maximum atomic E-state index is 7.13. The van der Waals surface area contributed by atoms with E-state index in [4.69, 9.17) is 16.5 Å². The summed E-state index contributed by atoms with van der Waals surface area (Å²) in [6, 6.07) is 44.2. The number of benzene rings is 4. The summed E-state index contributed by atoms with van der Waals surface area (Å²) in [5, 5.41) is 5.14. The Hall–Kier alpha value is -2.38. The van der Waals surface area contributed by atoms with Crippen LogP contribution in [0.1, 0.15) is 105 Å². The molecule has 4 aromatic rings. The number of allylic oxidation sites excluding steroid dienone is 1. The molecule has 3 unspecified atom stereocenters. The molecule has 0 heterocycles. The number of nitrogens with zero attached hydrogens (tertiary/aromatic N) is 1. The average Bonchev–Trinajstić information content (AvgIpc) is 3.61. The van der Waals surface area contributed by atoms with Crippen LogP contribution in [0.5, 0.6) is 0 Å². The number of hydrogen-bond acceptors (Lipinski definition) is 2. The molecule has 0 radical (unpaired) electrons. The molecule has 3 saturated carbocycles. The van der Waals surface area contributed by atoms with Crippen molar-refractivity contribution in [2.45, 2.75) is 111 Å². The number of fused-ring (bicyclic) bond motifs is 5. The van der Waals surface area contributed by atoms with Gasteiger partial charge in [-0.2, -0.15) is 0 Å². The van der Waals surface area contributed by atoms with E-state index in [9.17, 15) is 0 Å². The molecule has 8 rings (SSSR count). The van der Waals surface area contributed by atoms with Crippen LogP contribution < -0.4 is 21.2 Å². The number of ether oxygens (including phenoxy) is 1. The lowest BCUT2D eigenvalue weighted by Crippen LogP contribution is -2.51. The Labute approximate surface area is 358 Å². The minimum atomic E-state index is -2.47. The molecular weight excluding hydrogens is 761 g/mol. The van der Waals surface area contributed by atoms with E-state index >= 15 is 0 Å². The van der Waals surface area contributed by atoms with Gasteiger partial charge in [0.1, 0.15) is 0 Å². The zero-order chi connectivity index (χ0) is 40.3. The predicted molar refractivity (Wildman–Crippen MR) is 255 cm³/mol. The summed E-state index contributed by atoms with van der Waals surface area (Å²) in [4.78, 5) is 0. The van der Waals surface area contributed by atoms with Crippen LogP contribution in [0.3, 0.4) is 0 Å². The molecule has 4 aliphatic rings. The van der Waals surface area contributed by atoms with Crippen molar-refractivity contribution in [1.82, 2.24) is 4.44 Å². The first-order valence-electron chi connectivity index (χ1n) is 22.8. The average molecular weight is 830 g/mol. The molecule has 5 heteroatoms. The van der Waals surface area contributed by atoms with Crippen molar-refractivity contribution >= 4 is 47.3 Å². The zero-order valence-electron chi connectivity index (χ0n) is 36.0. The first-order valence-corrected chi connectivity index (χ1v) is 26.9. The molecule has 4 aromatic carbocycles. The second-order valence-electron chi connectivity index (χ2n) is 19.4. The van der Waals surface area contributed by atoms with Crippen LogP contribution >= 0.6 is 14.3 Å². The fraction of sp³-hybridized carbons (Fsp3) is 0.509. The summed E-state index contributed by atoms with van der Waals surface area (Å²) in [5.41, 5.74) is 2.58. The third kappa shape index (κ3) is 8.32. The second-order valence-corrected chi connectivity index (χ2v) is 26.1. The SMILES string of the molecule is CC(C)CCC[C@@H](C)[C@@H]1CCC2C3CC=C4C[C@H](OCCN(P(c5ccccc5)c5ccccc5)P(=S)(c5ccccc5)c5ccccc5)CC[C@@]4(C)C3CC[C@]21C. The van der Waals surface area contributed by atoms with Gasteiger partial charge in [0.05, 0.1) is 18.9 Å². The van der Waals surface area contributed by atoms with Crippen LogP contribution in [0.2, 0.25) is 0 Å². The van der Waals surface area contributed by atoms with Crippen LogP contribution in [0.25, 0.3) is 0 Å². The van der Waals surface area contributed by atoms with E-state index in [1.54, 1.807) is 5.57 Å². The lowest BCUT2D eigenvalue weighted by molar-refractivity contribution is -0.0638. The smallest absolute Gasteiger partial charge is 0.0749 e. The molecule has 0 aromatic heterocycles. The standard InChI is InChI=1S/C53H69NOP2S/c1-40(2)19-18-20-41(3)49-31-32-50-48-30-29-42-39-43(33-35-52(42,4)51(48)34-36-53(49,50)5)55-38-37-54(56(44-21-10-6-11-22-44)45-23-12-7-13-24-45)57(58,46-25-14-8-15-26-46)47-27-16-9-17-28-47/h6-17,21-29,40-41,43,48-51H,18-20,30-39H2,1-5H3/t41-,43-,48?,49+,50?,51?,52-,53+/m1/s1. The van der Waals surface area contributed by atoms with Gasteiger partial charge in [-0.25, -0.2) is 4.44 Å². The fourth-order valence-corrected chi connectivity index (χ4v) is 20.9. The Balaban J connectivity index is 1.02. The summed E-state index contributed by atoms with van der Waals surface area (Å²) in [7, 11) is -0.944. The molecule has 3 fully saturated rings. The number of hydrogen-bond donors (Lipinski definition) is 0. The van der Waals surface area contributed by atoms with Crippen molar-refractivity contribution in [2.75, 3.05) is 13.2 Å². The van der Waals surface area contributed by atoms with Gasteiger partial charge < -0.3 is 4.74 Å². The summed E-state index contributed by atoms with van der Waals surface area (Å²) >= 11 is 7.13. The first kappa shape index (κ1) is 42.3. The highest BCUT2D eigenvalue weighted by molar-refractivity contribution is 8.22. The van der Waals surface area contributed by atoms with Crippen LogP contribution in [0, 0.1) is 46.3 Å². The van der Waals surface area contributed by atoms with Gasteiger partial charge in [-0.15, -0.1) is 0 Å². The molecule has 0 spiro atoms. The number of rotatable bonds is 15. The van der Waals surface area contributed by atoms with E-state index in [2.05, 4.69) is 166 Å². The second kappa shape index (κ2) is 18.3.